The highest BCUT2D eigenvalue weighted by molar-refractivity contribution is 5.75. The lowest BCUT2D eigenvalue weighted by Crippen LogP contribution is -1.98. The summed E-state index contributed by atoms with van der Waals surface area (Å²) in [5.74, 6) is 2.27. The third-order valence-corrected chi connectivity index (χ3v) is 6.65. The molecular weight excluding hydrogens is 492 g/mol. The van der Waals surface area contributed by atoms with Gasteiger partial charge in [-0.25, -0.2) is 0 Å². The van der Waals surface area contributed by atoms with E-state index in [-0.39, 0.29) is 0 Å². The van der Waals surface area contributed by atoms with Gasteiger partial charge in [-0.15, -0.1) is 6.58 Å². The molecule has 0 radical (unpaired) electrons. The maximum Gasteiger partial charge on any atom is 0.171 e. The van der Waals surface area contributed by atoms with Crippen LogP contribution in [0.3, 0.4) is 0 Å². The van der Waals surface area contributed by atoms with Gasteiger partial charge < -0.3 is 9.84 Å². The Balaban J connectivity index is 0.000000575. The summed E-state index contributed by atoms with van der Waals surface area (Å²) in [6.45, 7) is 23.1. The number of rotatable bonds is 11. The van der Waals surface area contributed by atoms with Gasteiger partial charge in [-0.1, -0.05) is 103 Å². The molecule has 4 heteroatoms. The summed E-state index contributed by atoms with van der Waals surface area (Å²) in [6.07, 6.45) is 10.1. The van der Waals surface area contributed by atoms with Gasteiger partial charge in [0.05, 0.1) is 0 Å². The molecule has 0 aliphatic heterocycles. The van der Waals surface area contributed by atoms with Crippen LogP contribution < -0.4 is 5.32 Å². The molecule has 4 nitrogen and oxygen atoms in total. The minimum Gasteiger partial charge on any atom is -0.388 e. The van der Waals surface area contributed by atoms with Crippen LogP contribution in [0, 0.1) is 25.7 Å². The summed E-state index contributed by atoms with van der Waals surface area (Å²) < 4.78 is 5.11. The number of carbonyl (C=O) groups is 1. The predicted octanol–water partition coefficient (Wildman–Crippen LogP) is 10.7. The molecule has 1 atom stereocenters. The van der Waals surface area contributed by atoms with Gasteiger partial charge in [-0.3, -0.25) is 4.79 Å². The Morgan fingerprint density at radius 2 is 1.70 bits per heavy atom. The van der Waals surface area contributed by atoms with Gasteiger partial charge in [-0.05, 0) is 79.3 Å². The average Bonchev–Trinajstić information content (AvgIpc) is 3.44. The van der Waals surface area contributed by atoms with Crippen molar-refractivity contribution in [2.45, 2.75) is 101 Å². The molecule has 0 aliphatic carbocycles. The van der Waals surface area contributed by atoms with E-state index in [4.69, 9.17) is 4.52 Å². The number of nitrogens with zero attached hydrogens (tertiary/aromatic N) is 1. The van der Waals surface area contributed by atoms with Gasteiger partial charge in [0.25, 0.3) is 0 Å². The van der Waals surface area contributed by atoms with Gasteiger partial charge in [0.1, 0.15) is 5.69 Å². The first kappa shape index (κ1) is 36.9. The van der Waals surface area contributed by atoms with Crippen LogP contribution in [0.2, 0.25) is 0 Å². The molecule has 0 bridgehead atoms. The van der Waals surface area contributed by atoms with E-state index in [0.29, 0.717) is 17.7 Å². The molecule has 40 heavy (non-hydrogen) atoms. The summed E-state index contributed by atoms with van der Waals surface area (Å²) >= 11 is 0. The average molecular weight is 549 g/mol. The first-order valence-electron chi connectivity index (χ1n) is 15.1. The summed E-state index contributed by atoms with van der Waals surface area (Å²) in [6, 6.07) is 14.4. The maximum atomic E-state index is 10.5. The Labute approximate surface area is 245 Å². The fraction of sp³-hybridized carbons (Fsp3) is 0.500. The summed E-state index contributed by atoms with van der Waals surface area (Å²) in [5.41, 5.74) is 7.79. The Morgan fingerprint density at radius 3 is 2.15 bits per heavy atom. The van der Waals surface area contributed by atoms with Crippen molar-refractivity contribution in [1.82, 2.24) is 5.16 Å². The molecule has 0 fully saturated rings. The fourth-order valence-electron chi connectivity index (χ4n) is 4.35. The third-order valence-electron chi connectivity index (χ3n) is 6.65. The quantitative estimate of drug-likeness (QED) is 0.191. The molecular formula is C36H56N2O2. The van der Waals surface area contributed by atoms with Crippen molar-refractivity contribution in [3.8, 4) is 11.3 Å². The predicted molar refractivity (Wildman–Crippen MR) is 176 cm³/mol. The zero-order valence-electron chi connectivity index (χ0n) is 27.1. The fourth-order valence-corrected chi connectivity index (χ4v) is 4.35. The number of hydrogen-bond acceptors (Lipinski definition) is 4. The number of anilines is 1. The van der Waals surface area contributed by atoms with E-state index in [0.717, 1.165) is 29.4 Å². The number of allylic oxidation sites excluding steroid dienone is 1. The van der Waals surface area contributed by atoms with E-state index in [1.807, 2.05) is 40.0 Å². The molecule has 1 aromatic heterocycles. The lowest BCUT2D eigenvalue weighted by molar-refractivity contribution is 0.111. The molecule has 1 unspecified atom stereocenters. The zero-order valence-corrected chi connectivity index (χ0v) is 27.1. The summed E-state index contributed by atoms with van der Waals surface area (Å²) in [4.78, 5) is 10.5. The maximum absolute atomic E-state index is 10.5. The molecule has 0 saturated heterocycles. The molecule has 0 saturated carbocycles. The van der Waals surface area contributed by atoms with Gasteiger partial charge in [-0.2, -0.15) is 0 Å². The number of carbonyl (C=O) groups excluding carboxylic acids is 1. The van der Waals surface area contributed by atoms with Gasteiger partial charge in [0, 0.05) is 24.4 Å². The standard InChI is InChI=1S/C13H13NO2.C12H19N.C9H18.C2H6/c1-3-10-4-5-12(9(2)6-10)13-7-11(8-15)14-16-13;1-9(2)7-11-5-6-12(13-4)8-10(11)3;1-4-7-9(6-3)8-5-2;1-2/h4-8H,3H2,1-2H3;5-6,8-9,13H,7H2,1-4H3;4,9H,1,5-8H2,2-3H3;1-2H3. The van der Waals surface area contributed by atoms with Crippen LogP contribution in [0.15, 0.2) is 59.6 Å². The van der Waals surface area contributed by atoms with Crippen molar-refractivity contribution >= 4 is 12.0 Å². The van der Waals surface area contributed by atoms with E-state index in [1.165, 1.54) is 54.5 Å². The molecule has 3 aromatic rings. The largest absolute Gasteiger partial charge is 0.388 e. The highest BCUT2D eigenvalue weighted by atomic mass is 16.5. The van der Waals surface area contributed by atoms with E-state index in [2.05, 4.69) is 88.9 Å². The van der Waals surface area contributed by atoms with Crippen molar-refractivity contribution in [3.05, 3.63) is 83.1 Å². The highest BCUT2D eigenvalue weighted by Crippen LogP contribution is 2.25. The topological polar surface area (TPSA) is 55.1 Å². The van der Waals surface area contributed by atoms with Crippen molar-refractivity contribution < 1.29 is 9.32 Å². The molecule has 0 spiro atoms. The zero-order chi connectivity index (χ0) is 30.5. The molecule has 1 N–H and O–H groups in total. The molecule has 1 heterocycles. The van der Waals surface area contributed by atoms with Crippen LogP contribution in [0.4, 0.5) is 5.69 Å². The molecule has 3 rings (SSSR count). The van der Waals surface area contributed by atoms with Crippen LogP contribution in [-0.2, 0) is 12.8 Å². The Bertz CT molecular complexity index is 1100. The van der Waals surface area contributed by atoms with E-state index < -0.39 is 0 Å². The lowest BCUT2D eigenvalue weighted by atomic mass is 9.97. The van der Waals surface area contributed by atoms with Crippen molar-refractivity contribution in [2.75, 3.05) is 12.4 Å². The monoisotopic (exact) mass is 548 g/mol. The molecule has 0 amide bonds. The summed E-state index contributed by atoms with van der Waals surface area (Å²) in [7, 11) is 1.96. The molecule has 2 aromatic carbocycles. The van der Waals surface area contributed by atoms with Crippen LogP contribution in [0.1, 0.15) is 107 Å². The number of benzene rings is 2. The minimum atomic E-state index is 0.328. The number of hydrogen-bond donors (Lipinski definition) is 1. The number of nitrogens with one attached hydrogen (secondary N) is 1. The normalized spacial score (nSPS) is 10.7. The molecule has 0 aliphatic rings. The van der Waals surface area contributed by atoms with Crippen LogP contribution in [0.5, 0.6) is 0 Å². The van der Waals surface area contributed by atoms with Gasteiger partial charge in [0.2, 0.25) is 0 Å². The third kappa shape index (κ3) is 13.8. The Kier molecular flexibility index (Phi) is 20.0. The number of aldehydes is 1. The second kappa shape index (κ2) is 21.7. The minimum absolute atomic E-state index is 0.328. The van der Waals surface area contributed by atoms with E-state index in [9.17, 15) is 4.79 Å². The van der Waals surface area contributed by atoms with Crippen molar-refractivity contribution in [3.63, 3.8) is 0 Å². The first-order valence-corrected chi connectivity index (χ1v) is 15.1. The van der Waals surface area contributed by atoms with Gasteiger partial charge in [0.15, 0.2) is 12.0 Å². The van der Waals surface area contributed by atoms with Crippen LogP contribution in [-0.4, -0.2) is 18.5 Å². The van der Waals surface area contributed by atoms with E-state index >= 15 is 0 Å². The van der Waals surface area contributed by atoms with Crippen LogP contribution >= 0.6 is 0 Å². The second-order valence-electron chi connectivity index (χ2n) is 10.3. The summed E-state index contributed by atoms with van der Waals surface area (Å²) in [5, 5.41) is 6.80. The van der Waals surface area contributed by atoms with Gasteiger partial charge >= 0.3 is 0 Å². The second-order valence-corrected chi connectivity index (χ2v) is 10.3. The van der Waals surface area contributed by atoms with Crippen molar-refractivity contribution in [1.29, 1.82) is 0 Å². The number of aromatic nitrogens is 1. The Hall–Kier alpha value is -3.14. The SMILES string of the molecule is C=CCC(CC)CCC.CC.CCc1ccc(-c2cc(C=O)no2)c(C)c1.CNc1ccc(CC(C)C)c(C)c1. The Morgan fingerprint density at radius 1 is 1.00 bits per heavy atom. The van der Waals surface area contributed by atoms with Crippen LogP contribution in [0.25, 0.3) is 11.3 Å². The van der Waals surface area contributed by atoms with E-state index in [1.54, 1.807) is 6.07 Å². The first-order chi connectivity index (χ1) is 19.2. The smallest absolute Gasteiger partial charge is 0.171 e. The molecule has 222 valence electrons. The highest BCUT2D eigenvalue weighted by Gasteiger charge is 2.09. The van der Waals surface area contributed by atoms with Crippen molar-refractivity contribution in [2.24, 2.45) is 11.8 Å². The number of aryl methyl sites for hydroxylation is 3. The lowest BCUT2D eigenvalue weighted by Gasteiger charge is -2.10.